The number of ether oxygens (including phenoxy) is 3. The second-order valence-electron chi connectivity index (χ2n) is 12.5. The maximum atomic E-state index is 15.4. The van der Waals surface area contributed by atoms with Gasteiger partial charge in [0.2, 0.25) is 5.88 Å². The number of rotatable bonds is 3. The summed E-state index contributed by atoms with van der Waals surface area (Å²) in [6.45, 7) is 8.98. The lowest BCUT2D eigenvalue weighted by Crippen LogP contribution is -2.63. The summed E-state index contributed by atoms with van der Waals surface area (Å²) in [4.78, 5) is 33.2. The van der Waals surface area contributed by atoms with Gasteiger partial charge in [-0.3, -0.25) is 9.80 Å². The molecule has 210 valence electrons. The molecule has 3 unspecified atom stereocenters. The summed E-state index contributed by atoms with van der Waals surface area (Å²) in [5, 5.41) is 0.0830. The number of carbonyl (C=O) groups is 1. The van der Waals surface area contributed by atoms with Crippen LogP contribution in [0, 0.1) is 5.82 Å². The molecule has 2 aromatic rings. The molecular weight excluding hydrogens is 527 g/mol. The molecule has 4 saturated heterocycles. The van der Waals surface area contributed by atoms with Gasteiger partial charge in [0.1, 0.15) is 35.5 Å². The molecule has 10 nitrogen and oxygen atoms in total. The highest BCUT2D eigenvalue weighted by atomic mass is 35.5. The molecule has 4 fully saturated rings. The van der Waals surface area contributed by atoms with E-state index in [1.165, 1.54) is 0 Å². The number of nitrogens with zero attached hydrogens (tertiary/aromatic N) is 6. The van der Waals surface area contributed by atoms with Gasteiger partial charge in [-0.1, -0.05) is 11.6 Å². The van der Waals surface area contributed by atoms with Crippen LogP contribution < -0.4 is 14.4 Å². The van der Waals surface area contributed by atoms with Crippen molar-refractivity contribution in [3.63, 3.8) is 0 Å². The Kier molecular flexibility index (Phi) is 5.79. The van der Waals surface area contributed by atoms with Crippen molar-refractivity contribution in [2.75, 3.05) is 37.7 Å². The van der Waals surface area contributed by atoms with Gasteiger partial charge in [0.15, 0.2) is 11.0 Å². The van der Waals surface area contributed by atoms with Gasteiger partial charge in [0.05, 0.1) is 23.7 Å². The SMILES string of the molecule is CC(C)(C)OC(=O)N1C2CCC1C1COc3nc(Cl)c(F)c4nc(OCC56CCCN5CCC6)nc(c34)N1C2. The van der Waals surface area contributed by atoms with Crippen molar-refractivity contribution >= 4 is 34.4 Å². The zero-order valence-corrected chi connectivity index (χ0v) is 23.3. The summed E-state index contributed by atoms with van der Waals surface area (Å²) in [5.41, 5.74) is -0.559. The zero-order valence-electron chi connectivity index (χ0n) is 22.6. The van der Waals surface area contributed by atoms with Crippen LogP contribution in [0.1, 0.15) is 59.3 Å². The van der Waals surface area contributed by atoms with Crippen LogP contribution >= 0.6 is 11.6 Å². The summed E-state index contributed by atoms with van der Waals surface area (Å²) >= 11 is 6.19. The smallest absolute Gasteiger partial charge is 0.410 e. The molecule has 2 bridgehead atoms. The Balaban J connectivity index is 1.26. The van der Waals surface area contributed by atoms with Crippen molar-refractivity contribution in [3.05, 3.63) is 11.0 Å². The van der Waals surface area contributed by atoms with Crippen LogP contribution in [0.4, 0.5) is 15.0 Å². The van der Waals surface area contributed by atoms with E-state index in [9.17, 15) is 4.79 Å². The molecule has 5 aliphatic heterocycles. The lowest BCUT2D eigenvalue weighted by molar-refractivity contribution is 0.00538. The van der Waals surface area contributed by atoms with Gasteiger partial charge < -0.3 is 19.1 Å². The second-order valence-corrected chi connectivity index (χ2v) is 12.9. The average molecular weight is 561 g/mol. The zero-order chi connectivity index (χ0) is 27.1. The Bertz CT molecular complexity index is 1330. The molecule has 5 aliphatic rings. The molecule has 12 heteroatoms. The maximum absolute atomic E-state index is 15.4. The molecule has 7 rings (SSSR count). The predicted octanol–water partition coefficient (Wildman–Crippen LogP) is 4.17. The van der Waals surface area contributed by atoms with Crippen LogP contribution in [0.15, 0.2) is 0 Å². The average Bonchev–Trinajstić information content (AvgIpc) is 3.52. The number of fused-ring (bicyclic) bond motifs is 6. The van der Waals surface area contributed by atoms with Crippen molar-refractivity contribution in [1.29, 1.82) is 0 Å². The summed E-state index contributed by atoms with van der Waals surface area (Å²) in [6.07, 6.45) is 5.78. The van der Waals surface area contributed by atoms with E-state index >= 15 is 4.39 Å². The van der Waals surface area contributed by atoms with E-state index in [1.807, 2.05) is 25.7 Å². The molecule has 2 aromatic heterocycles. The summed E-state index contributed by atoms with van der Waals surface area (Å²) in [6, 6.07) is -0.309. The monoisotopic (exact) mass is 560 g/mol. The number of aromatic nitrogens is 3. The lowest BCUT2D eigenvalue weighted by atomic mass is 9.95. The molecular formula is C27H34ClFN6O4. The van der Waals surface area contributed by atoms with Crippen LogP contribution in [0.25, 0.3) is 10.9 Å². The number of anilines is 1. The van der Waals surface area contributed by atoms with Crippen molar-refractivity contribution < 1.29 is 23.4 Å². The van der Waals surface area contributed by atoms with Gasteiger partial charge in [0, 0.05) is 6.54 Å². The quantitative estimate of drug-likeness (QED) is 0.513. The van der Waals surface area contributed by atoms with Crippen LogP contribution in [-0.2, 0) is 4.74 Å². The summed E-state index contributed by atoms with van der Waals surface area (Å²) in [5.74, 6) is -0.00486. The van der Waals surface area contributed by atoms with Crippen LogP contribution in [-0.4, -0.2) is 93.0 Å². The molecule has 0 aromatic carbocycles. The lowest BCUT2D eigenvalue weighted by Gasteiger charge is -2.46. The van der Waals surface area contributed by atoms with E-state index in [0.29, 0.717) is 24.4 Å². The number of carbonyl (C=O) groups excluding carboxylic acids is 1. The topological polar surface area (TPSA) is 93.1 Å². The minimum atomic E-state index is -0.720. The number of halogens is 2. The normalized spacial score (nSPS) is 27.3. The maximum Gasteiger partial charge on any atom is 0.410 e. The first-order chi connectivity index (χ1) is 18.6. The molecule has 0 radical (unpaired) electrons. The number of piperazine rings is 1. The first kappa shape index (κ1) is 25.3. The van der Waals surface area contributed by atoms with Gasteiger partial charge in [-0.2, -0.15) is 15.0 Å². The minimum Gasteiger partial charge on any atom is -0.475 e. The Hall–Kier alpha value is -2.66. The Morgan fingerprint density at radius 3 is 2.67 bits per heavy atom. The van der Waals surface area contributed by atoms with Gasteiger partial charge in [-0.05, 0) is 72.4 Å². The number of pyridine rings is 1. The Morgan fingerprint density at radius 2 is 1.92 bits per heavy atom. The molecule has 3 atom stereocenters. The Morgan fingerprint density at radius 1 is 1.15 bits per heavy atom. The fourth-order valence-corrected chi connectivity index (χ4v) is 7.53. The highest BCUT2D eigenvalue weighted by Gasteiger charge is 2.52. The third-order valence-electron chi connectivity index (χ3n) is 9.02. The van der Waals surface area contributed by atoms with Crippen molar-refractivity contribution in [2.24, 2.45) is 0 Å². The highest BCUT2D eigenvalue weighted by Crippen LogP contribution is 2.45. The summed E-state index contributed by atoms with van der Waals surface area (Å²) in [7, 11) is 0. The fraction of sp³-hybridized carbons (Fsp3) is 0.704. The van der Waals surface area contributed by atoms with Crippen LogP contribution in [0.3, 0.4) is 0 Å². The predicted molar refractivity (Wildman–Crippen MR) is 142 cm³/mol. The first-order valence-corrected chi connectivity index (χ1v) is 14.4. The van der Waals surface area contributed by atoms with E-state index in [1.54, 1.807) is 0 Å². The van der Waals surface area contributed by atoms with Crippen molar-refractivity contribution in [3.8, 4) is 11.9 Å². The van der Waals surface area contributed by atoms with Gasteiger partial charge in [-0.15, -0.1) is 0 Å². The number of amides is 1. The second kappa shape index (κ2) is 8.92. The highest BCUT2D eigenvalue weighted by molar-refractivity contribution is 6.30. The fourth-order valence-electron chi connectivity index (χ4n) is 7.36. The molecule has 7 heterocycles. The number of hydrogen-bond acceptors (Lipinski definition) is 9. The van der Waals surface area contributed by atoms with Crippen molar-refractivity contribution in [2.45, 2.75) is 88.6 Å². The minimum absolute atomic E-state index is 0.00414. The van der Waals surface area contributed by atoms with E-state index in [-0.39, 0.29) is 58.9 Å². The largest absolute Gasteiger partial charge is 0.475 e. The van der Waals surface area contributed by atoms with Gasteiger partial charge in [-0.25, -0.2) is 9.18 Å². The molecule has 0 saturated carbocycles. The molecule has 1 amide bonds. The molecule has 39 heavy (non-hydrogen) atoms. The molecule has 0 N–H and O–H groups in total. The van der Waals surface area contributed by atoms with E-state index in [2.05, 4.69) is 19.8 Å². The first-order valence-electron chi connectivity index (χ1n) is 14.0. The van der Waals surface area contributed by atoms with Crippen LogP contribution in [0.5, 0.6) is 11.9 Å². The summed E-state index contributed by atoms with van der Waals surface area (Å²) < 4.78 is 33.6. The standard InChI is InChI=1S/C27H34ClFN6O4/c1-26(2,3)39-25(36)35-15-6-7-16(35)17-13-37-23-18-20(19(29)21(28)31-23)30-24(32-22(18)34(17)12-15)38-14-27-8-4-10-33(27)11-5-9-27/h15-17H,4-14H2,1-3H3. The van der Waals surface area contributed by atoms with E-state index < -0.39 is 11.4 Å². The number of hydrogen-bond donors (Lipinski definition) is 0. The third kappa shape index (κ3) is 4.06. The van der Waals surface area contributed by atoms with Crippen molar-refractivity contribution in [1.82, 2.24) is 24.8 Å². The molecule has 0 aliphatic carbocycles. The third-order valence-corrected chi connectivity index (χ3v) is 9.27. The molecule has 0 spiro atoms. The van der Waals surface area contributed by atoms with Gasteiger partial charge in [0.25, 0.3) is 0 Å². The van der Waals surface area contributed by atoms with E-state index in [4.69, 9.17) is 30.8 Å². The van der Waals surface area contributed by atoms with Crippen LogP contribution in [0.2, 0.25) is 5.15 Å². The van der Waals surface area contributed by atoms with E-state index in [0.717, 1.165) is 51.6 Å². The Labute approximate surface area is 231 Å². The van der Waals surface area contributed by atoms with Gasteiger partial charge >= 0.3 is 12.1 Å².